The van der Waals surface area contributed by atoms with E-state index in [1.54, 1.807) is 0 Å². The maximum Gasteiger partial charge on any atom is 0.185 e. The number of rotatable bonds is 4. The van der Waals surface area contributed by atoms with Crippen LogP contribution in [0.1, 0.15) is 25.7 Å². The van der Waals surface area contributed by atoms with Crippen molar-refractivity contribution in [2.45, 2.75) is 37.8 Å². The third-order valence-corrected chi connectivity index (χ3v) is 5.11. The number of aromatic nitrogens is 4. The highest BCUT2D eigenvalue weighted by Gasteiger charge is 2.35. The normalized spacial score (nSPS) is 23.7. The zero-order valence-corrected chi connectivity index (χ0v) is 14.0. The van der Waals surface area contributed by atoms with Gasteiger partial charge in [-0.3, -0.25) is 0 Å². The van der Waals surface area contributed by atoms with Crippen LogP contribution < -0.4 is 5.32 Å². The fraction of sp³-hybridized carbons (Fsp3) is 0.421. The quantitative estimate of drug-likeness (QED) is 0.793. The second-order valence-electron chi connectivity index (χ2n) is 6.99. The number of ether oxygens (including phenoxy) is 1. The van der Waals surface area contributed by atoms with Gasteiger partial charge in [0.2, 0.25) is 0 Å². The number of fused-ring (bicyclic) bond motifs is 1. The molecule has 2 unspecified atom stereocenters. The van der Waals surface area contributed by atoms with Gasteiger partial charge in [-0.1, -0.05) is 30.3 Å². The van der Waals surface area contributed by atoms with Gasteiger partial charge in [0.15, 0.2) is 11.5 Å². The average molecular weight is 335 g/mol. The summed E-state index contributed by atoms with van der Waals surface area (Å²) in [5, 5.41) is 16.8. The number of hydrogen-bond acceptors (Lipinski definition) is 5. The van der Waals surface area contributed by atoms with E-state index < -0.39 is 0 Å². The van der Waals surface area contributed by atoms with Crippen molar-refractivity contribution in [1.29, 1.82) is 0 Å². The summed E-state index contributed by atoms with van der Waals surface area (Å²) >= 11 is 0. The van der Waals surface area contributed by atoms with Crippen molar-refractivity contribution in [3.63, 3.8) is 0 Å². The molecule has 1 aliphatic carbocycles. The van der Waals surface area contributed by atoms with Crippen LogP contribution in [0.4, 0.5) is 5.82 Å². The van der Waals surface area contributed by atoms with Gasteiger partial charge in [0, 0.05) is 18.2 Å². The van der Waals surface area contributed by atoms with Gasteiger partial charge in [0.25, 0.3) is 0 Å². The summed E-state index contributed by atoms with van der Waals surface area (Å²) in [5.74, 6) is 2.41. The molecule has 1 aromatic carbocycles. The van der Waals surface area contributed by atoms with Crippen molar-refractivity contribution >= 4 is 11.5 Å². The lowest BCUT2D eigenvalue weighted by Crippen LogP contribution is -2.35. The Kier molecular flexibility index (Phi) is 3.63. The second-order valence-corrected chi connectivity index (χ2v) is 6.99. The molecule has 2 fully saturated rings. The molecule has 1 saturated carbocycles. The standard InChI is InChI=1S/C19H21N5O/c1-2-4-14(5-3-1)19-22-21-18-9-8-17(23-24(18)19)20-15-10-11-25-16(12-15)13-6-7-13/h1-5,8-9,13,15-16H,6-7,10-12H2,(H,20,23). The fourth-order valence-electron chi connectivity index (χ4n) is 3.60. The molecular weight excluding hydrogens is 314 g/mol. The van der Waals surface area contributed by atoms with Crippen molar-refractivity contribution in [1.82, 2.24) is 19.8 Å². The molecule has 1 N–H and O–H groups in total. The smallest absolute Gasteiger partial charge is 0.185 e. The largest absolute Gasteiger partial charge is 0.378 e. The lowest BCUT2D eigenvalue weighted by atomic mass is 10.00. The molecule has 0 bridgehead atoms. The van der Waals surface area contributed by atoms with Crippen LogP contribution in [0.15, 0.2) is 42.5 Å². The molecule has 2 aliphatic rings. The van der Waals surface area contributed by atoms with Crippen LogP contribution in [0.5, 0.6) is 0 Å². The molecule has 5 rings (SSSR count). The lowest BCUT2D eigenvalue weighted by Gasteiger charge is -2.30. The van der Waals surface area contributed by atoms with Crippen molar-refractivity contribution in [3.05, 3.63) is 42.5 Å². The molecule has 3 heterocycles. The molecule has 3 aromatic rings. The van der Waals surface area contributed by atoms with E-state index in [4.69, 9.17) is 9.84 Å². The highest BCUT2D eigenvalue weighted by Crippen LogP contribution is 2.38. The van der Waals surface area contributed by atoms with Crippen molar-refractivity contribution in [3.8, 4) is 11.4 Å². The molecule has 6 nitrogen and oxygen atoms in total. The minimum atomic E-state index is 0.418. The first-order chi connectivity index (χ1) is 12.4. The van der Waals surface area contributed by atoms with E-state index in [1.165, 1.54) is 12.8 Å². The SMILES string of the molecule is c1ccc(-c2nnc3ccc(NC4CCOC(C5CC5)C4)nn23)cc1. The van der Waals surface area contributed by atoms with Gasteiger partial charge >= 0.3 is 0 Å². The third-order valence-electron chi connectivity index (χ3n) is 5.11. The highest BCUT2D eigenvalue weighted by molar-refractivity contribution is 5.59. The molecule has 0 radical (unpaired) electrons. The molecule has 2 aromatic heterocycles. The molecule has 0 spiro atoms. The van der Waals surface area contributed by atoms with E-state index in [1.807, 2.05) is 47.0 Å². The monoisotopic (exact) mass is 335 g/mol. The van der Waals surface area contributed by atoms with Crippen LogP contribution in [0, 0.1) is 5.92 Å². The van der Waals surface area contributed by atoms with Gasteiger partial charge in [-0.05, 0) is 43.7 Å². The number of hydrogen-bond donors (Lipinski definition) is 1. The maximum atomic E-state index is 5.92. The summed E-state index contributed by atoms with van der Waals surface area (Å²) in [6, 6.07) is 14.4. The summed E-state index contributed by atoms with van der Waals surface area (Å²) in [5.41, 5.74) is 1.77. The van der Waals surface area contributed by atoms with E-state index in [0.29, 0.717) is 12.1 Å². The lowest BCUT2D eigenvalue weighted by molar-refractivity contribution is -0.00224. The van der Waals surface area contributed by atoms with E-state index in [-0.39, 0.29) is 0 Å². The summed E-state index contributed by atoms with van der Waals surface area (Å²) in [6.07, 6.45) is 5.16. The Bertz CT molecular complexity index is 874. The predicted molar refractivity (Wildman–Crippen MR) is 95.3 cm³/mol. The van der Waals surface area contributed by atoms with Crippen LogP contribution in [-0.2, 0) is 4.74 Å². The summed E-state index contributed by atoms with van der Waals surface area (Å²) in [6.45, 7) is 0.836. The first-order valence-electron chi connectivity index (χ1n) is 9.03. The molecular formula is C19H21N5O. The maximum absolute atomic E-state index is 5.92. The molecule has 1 aliphatic heterocycles. The van der Waals surface area contributed by atoms with Crippen LogP contribution in [0.2, 0.25) is 0 Å². The third kappa shape index (κ3) is 2.98. The van der Waals surface area contributed by atoms with Gasteiger partial charge < -0.3 is 10.1 Å². The second kappa shape index (κ2) is 6.11. The highest BCUT2D eigenvalue weighted by atomic mass is 16.5. The van der Waals surface area contributed by atoms with Crippen molar-refractivity contribution in [2.24, 2.45) is 5.92 Å². The van der Waals surface area contributed by atoms with Crippen molar-refractivity contribution < 1.29 is 4.74 Å². The van der Waals surface area contributed by atoms with E-state index >= 15 is 0 Å². The minimum Gasteiger partial charge on any atom is -0.378 e. The number of nitrogens with zero attached hydrogens (tertiary/aromatic N) is 4. The van der Waals surface area contributed by atoms with E-state index in [0.717, 1.165) is 48.2 Å². The Morgan fingerprint density at radius 2 is 1.88 bits per heavy atom. The van der Waals surface area contributed by atoms with E-state index in [9.17, 15) is 0 Å². The number of anilines is 1. The molecule has 6 heteroatoms. The number of benzene rings is 1. The van der Waals surface area contributed by atoms with Gasteiger partial charge in [-0.2, -0.15) is 4.52 Å². The zero-order chi connectivity index (χ0) is 16.6. The zero-order valence-electron chi connectivity index (χ0n) is 14.0. The average Bonchev–Trinajstić information content (AvgIpc) is 3.43. The van der Waals surface area contributed by atoms with Crippen LogP contribution >= 0.6 is 0 Å². The topological polar surface area (TPSA) is 64.3 Å². The Morgan fingerprint density at radius 3 is 2.72 bits per heavy atom. The van der Waals surface area contributed by atoms with Crippen LogP contribution in [-0.4, -0.2) is 38.6 Å². The Morgan fingerprint density at radius 1 is 1.00 bits per heavy atom. The van der Waals surface area contributed by atoms with Crippen LogP contribution in [0.25, 0.3) is 17.0 Å². The van der Waals surface area contributed by atoms with Gasteiger partial charge in [-0.15, -0.1) is 15.3 Å². The molecule has 1 saturated heterocycles. The first kappa shape index (κ1) is 14.8. The minimum absolute atomic E-state index is 0.418. The van der Waals surface area contributed by atoms with Gasteiger partial charge in [0.1, 0.15) is 5.82 Å². The molecule has 128 valence electrons. The Hall–Kier alpha value is -2.47. The first-order valence-corrected chi connectivity index (χ1v) is 9.03. The molecule has 25 heavy (non-hydrogen) atoms. The Balaban J connectivity index is 1.40. The molecule has 2 atom stereocenters. The molecule has 0 amide bonds. The summed E-state index contributed by atoms with van der Waals surface area (Å²) in [7, 11) is 0. The summed E-state index contributed by atoms with van der Waals surface area (Å²) < 4.78 is 7.73. The van der Waals surface area contributed by atoms with Gasteiger partial charge in [-0.25, -0.2) is 0 Å². The Labute approximate surface area is 146 Å². The summed E-state index contributed by atoms with van der Waals surface area (Å²) in [4.78, 5) is 0. The van der Waals surface area contributed by atoms with E-state index in [2.05, 4.69) is 15.5 Å². The number of nitrogens with one attached hydrogen (secondary N) is 1. The van der Waals surface area contributed by atoms with Gasteiger partial charge in [0.05, 0.1) is 6.10 Å². The predicted octanol–water partition coefficient (Wildman–Crippen LogP) is 3.16. The van der Waals surface area contributed by atoms with Crippen molar-refractivity contribution in [2.75, 3.05) is 11.9 Å². The van der Waals surface area contributed by atoms with Crippen LogP contribution in [0.3, 0.4) is 0 Å². The fourth-order valence-corrected chi connectivity index (χ4v) is 3.60.